The Morgan fingerprint density at radius 2 is 2.21 bits per heavy atom. The molecule has 0 aliphatic rings. The molecule has 1 rings (SSSR count). The first-order chi connectivity index (χ1) is 6.49. The van der Waals surface area contributed by atoms with Crippen LogP contribution in [0, 0.1) is 12.8 Å². The highest BCUT2D eigenvalue weighted by atomic mass is 32.1. The molecule has 3 nitrogen and oxygen atoms in total. The van der Waals surface area contributed by atoms with Crippen molar-refractivity contribution >= 4 is 17.3 Å². The number of aryl methyl sites for hydroxylation is 1. The summed E-state index contributed by atoms with van der Waals surface area (Å²) in [6.45, 7) is 6.14. The average Bonchev–Trinajstić information content (AvgIpc) is 2.28. The van der Waals surface area contributed by atoms with E-state index in [0.29, 0.717) is 5.92 Å². The van der Waals surface area contributed by atoms with Crippen molar-refractivity contribution in [3.8, 4) is 0 Å². The minimum absolute atomic E-state index is 0.0988. The monoisotopic (exact) mass is 213 g/mol. The molecule has 1 aromatic heterocycles. The fraction of sp³-hybridized carbons (Fsp3) is 0.600. The number of rotatable bonds is 4. The van der Waals surface area contributed by atoms with Crippen molar-refractivity contribution in [3.63, 3.8) is 0 Å². The number of aromatic nitrogens is 1. The summed E-state index contributed by atoms with van der Waals surface area (Å²) in [5.74, 6) is -0.217. The van der Waals surface area contributed by atoms with Crippen LogP contribution in [-0.4, -0.2) is 16.1 Å². The molecule has 0 unspecified atom stereocenters. The Balaban J connectivity index is 2.76. The first-order valence-corrected chi connectivity index (χ1v) is 5.47. The Hall–Kier alpha value is -0.900. The van der Waals surface area contributed by atoms with Crippen molar-refractivity contribution in [1.29, 1.82) is 0 Å². The molecule has 0 radical (unpaired) electrons. The van der Waals surface area contributed by atoms with Gasteiger partial charge in [-0.05, 0) is 12.8 Å². The summed E-state index contributed by atoms with van der Waals surface area (Å²) in [5.41, 5.74) is 0.869. The molecule has 0 aliphatic carbocycles. The minimum Gasteiger partial charge on any atom is -0.481 e. The second-order valence-electron chi connectivity index (χ2n) is 3.78. The van der Waals surface area contributed by atoms with Crippen LogP contribution in [0.2, 0.25) is 0 Å². The van der Waals surface area contributed by atoms with Gasteiger partial charge in [-0.2, -0.15) is 0 Å². The Bertz CT molecular complexity index is 331. The van der Waals surface area contributed by atoms with E-state index in [1.54, 1.807) is 0 Å². The Labute approximate surface area is 87.8 Å². The van der Waals surface area contributed by atoms with E-state index in [4.69, 9.17) is 5.11 Å². The third-order valence-electron chi connectivity index (χ3n) is 1.83. The zero-order valence-corrected chi connectivity index (χ0v) is 9.52. The van der Waals surface area contributed by atoms with Gasteiger partial charge in [-0.3, -0.25) is 4.79 Å². The zero-order valence-electron chi connectivity index (χ0n) is 8.70. The zero-order chi connectivity index (χ0) is 10.7. The molecule has 0 saturated carbocycles. The highest BCUT2D eigenvalue weighted by Crippen LogP contribution is 2.21. The van der Waals surface area contributed by atoms with Crippen molar-refractivity contribution in [2.75, 3.05) is 0 Å². The highest BCUT2D eigenvalue weighted by molar-refractivity contribution is 7.11. The molecule has 4 heteroatoms. The highest BCUT2D eigenvalue weighted by Gasteiger charge is 2.11. The van der Waals surface area contributed by atoms with Crippen LogP contribution in [0.25, 0.3) is 0 Å². The lowest BCUT2D eigenvalue weighted by molar-refractivity contribution is -0.136. The van der Waals surface area contributed by atoms with E-state index in [1.807, 2.05) is 6.92 Å². The second-order valence-corrected chi connectivity index (χ2v) is 4.95. The number of thiazole rings is 1. The molecule has 0 bridgehead atoms. The summed E-state index contributed by atoms with van der Waals surface area (Å²) < 4.78 is 0. The number of carboxylic acid groups (broad SMARTS) is 1. The molecule has 78 valence electrons. The number of nitrogens with zero attached hydrogens (tertiary/aromatic N) is 1. The molecule has 1 aromatic rings. The molecule has 0 fully saturated rings. The predicted octanol–water partition coefficient (Wildman–Crippen LogP) is 2.28. The van der Waals surface area contributed by atoms with Crippen LogP contribution >= 0.6 is 11.3 Å². The molecule has 0 spiro atoms. The number of hydrogen-bond donors (Lipinski definition) is 1. The minimum atomic E-state index is -0.784. The number of carboxylic acids is 1. The maximum atomic E-state index is 10.5. The summed E-state index contributed by atoms with van der Waals surface area (Å²) in [6, 6.07) is 0. The standard InChI is InChI=1S/C10H15NO2S/c1-6(2)4-9-11-7(3)8(14-9)5-10(12)13/h6H,4-5H2,1-3H3,(H,12,13). The molecule has 14 heavy (non-hydrogen) atoms. The van der Waals surface area contributed by atoms with Crippen LogP contribution in [0.1, 0.15) is 29.4 Å². The molecule has 0 atom stereocenters. The van der Waals surface area contributed by atoms with Crippen LogP contribution in [-0.2, 0) is 17.6 Å². The SMILES string of the molecule is Cc1nc(CC(C)C)sc1CC(=O)O. The Morgan fingerprint density at radius 3 is 2.71 bits per heavy atom. The fourth-order valence-corrected chi connectivity index (χ4v) is 2.50. The fourth-order valence-electron chi connectivity index (χ4n) is 1.23. The van der Waals surface area contributed by atoms with Crippen LogP contribution in [0.15, 0.2) is 0 Å². The van der Waals surface area contributed by atoms with Crippen molar-refractivity contribution in [3.05, 3.63) is 15.6 Å². The van der Waals surface area contributed by atoms with E-state index in [9.17, 15) is 4.79 Å². The summed E-state index contributed by atoms with van der Waals surface area (Å²) in [4.78, 5) is 15.8. The molecule has 0 amide bonds. The topological polar surface area (TPSA) is 50.2 Å². The predicted molar refractivity (Wildman–Crippen MR) is 56.7 cm³/mol. The van der Waals surface area contributed by atoms with E-state index >= 15 is 0 Å². The van der Waals surface area contributed by atoms with Gasteiger partial charge in [-0.15, -0.1) is 11.3 Å². The van der Waals surface area contributed by atoms with Gasteiger partial charge in [0.05, 0.1) is 17.1 Å². The van der Waals surface area contributed by atoms with Gasteiger partial charge in [0.2, 0.25) is 0 Å². The largest absolute Gasteiger partial charge is 0.481 e. The number of hydrogen-bond acceptors (Lipinski definition) is 3. The molecular formula is C10H15NO2S. The third kappa shape index (κ3) is 3.10. The van der Waals surface area contributed by atoms with Crippen LogP contribution in [0.5, 0.6) is 0 Å². The van der Waals surface area contributed by atoms with E-state index < -0.39 is 5.97 Å². The smallest absolute Gasteiger partial charge is 0.308 e. The van der Waals surface area contributed by atoms with Crippen LogP contribution < -0.4 is 0 Å². The summed E-state index contributed by atoms with van der Waals surface area (Å²) in [6.07, 6.45) is 1.03. The third-order valence-corrected chi connectivity index (χ3v) is 3.01. The summed E-state index contributed by atoms with van der Waals surface area (Å²) >= 11 is 1.52. The Kier molecular flexibility index (Phi) is 3.63. The molecule has 1 N–H and O–H groups in total. The summed E-state index contributed by atoms with van der Waals surface area (Å²) in [5, 5.41) is 9.71. The summed E-state index contributed by atoms with van der Waals surface area (Å²) in [7, 11) is 0. The van der Waals surface area contributed by atoms with E-state index in [1.165, 1.54) is 11.3 Å². The first kappa shape index (κ1) is 11.2. The lowest BCUT2D eigenvalue weighted by atomic mass is 10.1. The van der Waals surface area contributed by atoms with Gasteiger partial charge in [0.1, 0.15) is 0 Å². The van der Waals surface area contributed by atoms with Crippen molar-refractivity contribution < 1.29 is 9.90 Å². The van der Waals surface area contributed by atoms with Crippen LogP contribution in [0.4, 0.5) is 0 Å². The van der Waals surface area contributed by atoms with Gasteiger partial charge < -0.3 is 5.11 Å². The maximum absolute atomic E-state index is 10.5. The van der Waals surface area contributed by atoms with Crippen molar-refractivity contribution in [2.24, 2.45) is 5.92 Å². The maximum Gasteiger partial charge on any atom is 0.308 e. The lowest BCUT2D eigenvalue weighted by Crippen LogP contribution is -1.99. The van der Waals surface area contributed by atoms with Gasteiger partial charge in [0.15, 0.2) is 0 Å². The average molecular weight is 213 g/mol. The van der Waals surface area contributed by atoms with Crippen LogP contribution in [0.3, 0.4) is 0 Å². The van der Waals surface area contributed by atoms with Gasteiger partial charge in [0.25, 0.3) is 0 Å². The number of aliphatic carboxylic acids is 1. The molecular weight excluding hydrogens is 198 g/mol. The molecule has 0 aliphatic heterocycles. The van der Waals surface area contributed by atoms with E-state index in [0.717, 1.165) is 22.0 Å². The number of carbonyl (C=O) groups is 1. The van der Waals surface area contributed by atoms with Crippen molar-refractivity contribution in [1.82, 2.24) is 4.98 Å². The molecule has 0 saturated heterocycles. The first-order valence-electron chi connectivity index (χ1n) is 4.66. The molecule has 1 heterocycles. The van der Waals surface area contributed by atoms with Gasteiger partial charge >= 0.3 is 5.97 Å². The van der Waals surface area contributed by atoms with E-state index in [-0.39, 0.29) is 6.42 Å². The van der Waals surface area contributed by atoms with Gasteiger partial charge in [0, 0.05) is 11.3 Å². The lowest BCUT2D eigenvalue weighted by Gasteiger charge is -1.97. The van der Waals surface area contributed by atoms with Gasteiger partial charge in [-0.1, -0.05) is 13.8 Å². The quantitative estimate of drug-likeness (QED) is 0.834. The van der Waals surface area contributed by atoms with E-state index in [2.05, 4.69) is 18.8 Å². The molecule has 0 aromatic carbocycles. The van der Waals surface area contributed by atoms with Crippen molar-refractivity contribution in [2.45, 2.75) is 33.6 Å². The van der Waals surface area contributed by atoms with Gasteiger partial charge in [-0.25, -0.2) is 4.98 Å². The second kappa shape index (κ2) is 4.55. The normalized spacial score (nSPS) is 10.9. The Morgan fingerprint density at radius 1 is 1.57 bits per heavy atom.